The Balaban J connectivity index is 1.45. The lowest BCUT2D eigenvalue weighted by atomic mass is 10.1. The van der Waals surface area contributed by atoms with Crippen molar-refractivity contribution in [3.05, 3.63) is 48.5 Å². The monoisotopic (exact) mass is 390 g/mol. The van der Waals surface area contributed by atoms with Gasteiger partial charge in [0.15, 0.2) is 5.69 Å². The number of nitrogens with zero attached hydrogens (tertiary/aromatic N) is 3. The Morgan fingerprint density at radius 3 is 2.48 bits per heavy atom. The first-order valence-corrected chi connectivity index (χ1v) is 11.3. The quantitative estimate of drug-likeness (QED) is 0.609. The van der Waals surface area contributed by atoms with E-state index in [4.69, 9.17) is 4.98 Å². The Bertz CT molecular complexity index is 987. The molecular weight excluding hydrogens is 360 g/mol. The molecule has 1 N–H and O–H groups in total. The summed E-state index contributed by atoms with van der Waals surface area (Å²) in [5.74, 6) is 0.811. The molecule has 2 aliphatic carbocycles. The van der Waals surface area contributed by atoms with Gasteiger partial charge in [0.2, 0.25) is 0 Å². The van der Waals surface area contributed by atoms with Crippen LogP contribution in [0.3, 0.4) is 0 Å². The predicted octanol–water partition coefficient (Wildman–Crippen LogP) is 5.37. The lowest BCUT2D eigenvalue weighted by Gasteiger charge is -2.15. The fourth-order valence-corrected chi connectivity index (χ4v) is 5.06. The summed E-state index contributed by atoms with van der Waals surface area (Å²) in [7, 11) is 0. The number of imidazole rings is 1. The summed E-state index contributed by atoms with van der Waals surface area (Å²) < 4.78 is 4.38. The SMILES string of the molecule is O=C(NC1CCCCCC1)c1nc(-c2ccn(C3CCCC3)c2)n2ccccc12. The highest BCUT2D eigenvalue weighted by Crippen LogP contribution is 2.32. The van der Waals surface area contributed by atoms with E-state index in [1.54, 1.807) is 0 Å². The van der Waals surface area contributed by atoms with Gasteiger partial charge in [-0.1, -0.05) is 44.6 Å². The Kier molecular flexibility index (Phi) is 5.13. The van der Waals surface area contributed by atoms with Gasteiger partial charge in [0.05, 0.1) is 5.52 Å². The molecule has 0 aromatic carbocycles. The van der Waals surface area contributed by atoms with Crippen molar-refractivity contribution in [1.82, 2.24) is 19.3 Å². The smallest absolute Gasteiger partial charge is 0.272 e. The van der Waals surface area contributed by atoms with Crippen LogP contribution in [0.15, 0.2) is 42.9 Å². The van der Waals surface area contributed by atoms with Crippen molar-refractivity contribution in [3.63, 3.8) is 0 Å². The molecule has 3 aromatic heterocycles. The minimum absolute atomic E-state index is 0.0397. The molecule has 0 aliphatic heterocycles. The van der Waals surface area contributed by atoms with Crippen LogP contribution in [0.4, 0.5) is 0 Å². The average Bonchev–Trinajstić information content (AvgIpc) is 3.45. The van der Waals surface area contributed by atoms with Gasteiger partial charge in [-0.05, 0) is 43.9 Å². The van der Waals surface area contributed by atoms with Crippen molar-refractivity contribution < 1.29 is 4.79 Å². The molecule has 3 heterocycles. The highest BCUT2D eigenvalue weighted by molar-refractivity contribution is 6.00. The molecule has 0 unspecified atom stereocenters. The maximum absolute atomic E-state index is 13.1. The van der Waals surface area contributed by atoms with Crippen LogP contribution in [0, 0.1) is 0 Å². The number of carbonyl (C=O) groups excluding carboxylic acids is 1. The number of rotatable bonds is 4. The molecule has 29 heavy (non-hydrogen) atoms. The van der Waals surface area contributed by atoms with Gasteiger partial charge in [0.25, 0.3) is 5.91 Å². The molecule has 0 radical (unpaired) electrons. The van der Waals surface area contributed by atoms with Crippen molar-refractivity contribution in [1.29, 1.82) is 0 Å². The van der Waals surface area contributed by atoms with E-state index in [2.05, 4.69) is 32.7 Å². The minimum atomic E-state index is -0.0397. The van der Waals surface area contributed by atoms with Crippen molar-refractivity contribution in [2.75, 3.05) is 0 Å². The summed E-state index contributed by atoms with van der Waals surface area (Å²) in [4.78, 5) is 17.9. The largest absolute Gasteiger partial charge is 0.351 e. The maximum Gasteiger partial charge on any atom is 0.272 e. The predicted molar refractivity (Wildman–Crippen MR) is 115 cm³/mol. The van der Waals surface area contributed by atoms with Crippen molar-refractivity contribution in [2.45, 2.75) is 76.3 Å². The summed E-state index contributed by atoms with van der Waals surface area (Å²) >= 11 is 0. The number of amides is 1. The third-order valence-corrected chi connectivity index (χ3v) is 6.67. The van der Waals surface area contributed by atoms with Crippen LogP contribution in [0.2, 0.25) is 0 Å². The highest BCUT2D eigenvalue weighted by Gasteiger charge is 2.23. The highest BCUT2D eigenvalue weighted by atomic mass is 16.2. The van der Waals surface area contributed by atoms with Gasteiger partial charge in [0, 0.05) is 36.2 Å². The number of aromatic nitrogens is 3. The molecule has 0 atom stereocenters. The van der Waals surface area contributed by atoms with Gasteiger partial charge in [0.1, 0.15) is 5.82 Å². The fraction of sp³-hybridized carbons (Fsp3) is 0.500. The van der Waals surface area contributed by atoms with E-state index in [-0.39, 0.29) is 11.9 Å². The molecule has 3 aromatic rings. The molecule has 2 fully saturated rings. The van der Waals surface area contributed by atoms with E-state index in [1.807, 2.05) is 24.4 Å². The molecule has 0 saturated heterocycles. The fourth-order valence-electron chi connectivity index (χ4n) is 5.06. The van der Waals surface area contributed by atoms with Crippen molar-refractivity contribution in [3.8, 4) is 11.4 Å². The molecule has 2 saturated carbocycles. The Labute approximate surface area is 172 Å². The van der Waals surface area contributed by atoms with Gasteiger partial charge < -0.3 is 9.88 Å². The number of fused-ring (bicyclic) bond motifs is 1. The number of nitrogens with one attached hydrogen (secondary N) is 1. The minimum Gasteiger partial charge on any atom is -0.351 e. The standard InChI is InChI=1S/C24H30N4O/c29-24(25-19-9-3-1-2-4-10-19)22-21-13-7-8-15-28(21)23(26-22)18-14-16-27(17-18)20-11-5-6-12-20/h7-8,13-17,19-20H,1-6,9-12H2,(H,25,29). The van der Waals surface area contributed by atoms with E-state index in [1.165, 1.54) is 51.4 Å². The second-order valence-electron chi connectivity index (χ2n) is 8.69. The van der Waals surface area contributed by atoms with Crippen molar-refractivity contribution >= 4 is 11.4 Å². The van der Waals surface area contributed by atoms with E-state index < -0.39 is 0 Å². The number of hydrogen-bond acceptors (Lipinski definition) is 2. The van der Waals surface area contributed by atoms with Crippen LogP contribution >= 0.6 is 0 Å². The lowest BCUT2D eigenvalue weighted by Crippen LogP contribution is -2.34. The molecule has 5 rings (SSSR count). The first-order valence-electron chi connectivity index (χ1n) is 11.3. The van der Waals surface area contributed by atoms with Gasteiger partial charge in [-0.15, -0.1) is 0 Å². The second kappa shape index (κ2) is 8.05. The summed E-state index contributed by atoms with van der Waals surface area (Å²) in [6, 6.07) is 8.98. The van der Waals surface area contributed by atoms with Gasteiger partial charge >= 0.3 is 0 Å². The second-order valence-corrected chi connectivity index (χ2v) is 8.69. The normalized spacial score (nSPS) is 18.9. The Hall–Kier alpha value is -2.56. The van der Waals surface area contributed by atoms with E-state index >= 15 is 0 Å². The zero-order chi connectivity index (χ0) is 19.6. The first-order chi connectivity index (χ1) is 14.3. The van der Waals surface area contributed by atoms with Crippen LogP contribution in [-0.4, -0.2) is 25.9 Å². The third-order valence-electron chi connectivity index (χ3n) is 6.67. The Morgan fingerprint density at radius 1 is 0.931 bits per heavy atom. The topological polar surface area (TPSA) is 51.3 Å². The number of pyridine rings is 1. The van der Waals surface area contributed by atoms with Gasteiger partial charge in [-0.25, -0.2) is 4.98 Å². The van der Waals surface area contributed by atoms with Crippen LogP contribution in [-0.2, 0) is 0 Å². The van der Waals surface area contributed by atoms with Crippen LogP contribution < -0.4 is 5.32 Å². The molecule has 0 spiro atoms. The number of carbonyl (C=O) groups is 1. The van der Waals surface area contributed by atoms with E-state index in [0.29, 0.717) is 11.7 Å². The van der Waals surface area contributed by atoms with Gasteiger partial charge in [-0.3, -0.25) is 9.20 Å². The summed E-state index contributed by atoms with van der Waals surface area (Å²) in [5.41, 5.74) is 2.49. The molecule has 5 heteroatoms. The maximum atomic E-state index is 13.1. The van der Waals surface area contributed by atoms with Crippen LogP contribution in [0.5, 0.6) is 0 Å². The third kappa shape index (κ3) is 3.70. The van der Waals surface area contributed by atoms with E-state index in [9.17, 15) is 4.79 Å². The summed E-state index contributed by atoms with van der Waals surface area (Å²) in [6.45, 7) is 0. The first kappa shape index (κ1) is 18.5. The van der Waals surface area contributed by atoms with Crippen LogP contribution in [0.25, 0.3) is 16.9 Å². The molecule has 0 bridgehead atoms. The lowest BCUT2D eigenvalue weighted by molar-refractivity contribution is 0.0930. The molecule has 1 amide bonds. The summed E-state index contributed by atoms with van der Waals surface area (Å²) in [5, 5.41) is 3.26. The zero-order valence-electron chi connectivity index (χ0n) is 17.0. The average molecular weight is 391 g/mol. The molecule has 152 valence electrons. The van der Waals surface area contributed by atoms with Crippen LogP contribution in [0.1, 0.15) is 80.7 Å². The van der Waals surface area contributed by atoms with E-state index in [0.717, 1.165) is 29.7 Å². The molecule has 5 nitrogen and oxygen atoms in total. The summed E-state index contributed by atoms with van der Waals surface area (Å²) in [6.07, 6.45) is 18.6. The van der Waals surface area contributed by atoms with Crippen molar-refractivity contribution in [2.24, 2.45) is 0 Å². The Morgan fingerprint density at radius 2 is 1.69 bits per heavy atom. The molecule has 2 aliphatic rings. The van der Waals surface area contributed by atoms with Gasteiger partial charge in [-0.2, -0.15) is 0 Å². The zero-order valence-corrected chi connectivity index (χ0v) is 17.0. The molecular formula is C24H30N4O. The number of hydrogen-bond donors (Lipinski definition) is 1.